The van der Waals surface area contributed by atoms with Crippen molar-refractivity contribution in [2.75, 3.05) is 0 Å². The maximum atomic E-state index is 7.39. The number of nitrogens with one attached hydrogen (secondary N) is 1. The Morgan fingerprint density at radius 1 is 1.35 bits per heavy atom. The number of halogens is 1. The second-order valence-electron chi connectivity index (χ2n) is 3.22. The summed E-state index contributed by atoms with van der Waals surface area (Å²) >= 11 is 5.83. The molecule has 0 unspecified atom stereocenters. The molecule has 1 heterocycles. The van der Waals surface area contributed by atoms with E-state index in [2.05, 4.69) is 10.2 Å². The van der Waals surface area contributed by atoms with Crippen LogP contribution in [0.4, 0.5) is 0 Å². The van der Waals surface area contributed by atoms with Crippen LogP contribution in [-0.2, 0) is 0 Å². The van der Waals surface area contributed by atoms with Gasteiger partial charge in [-0.25, -0.2) is 0 Å². The monoisotopic (exact) mass is 248 g/mol. The van der Waals surface area contributed by atoms with Gasteiger partial charge in [-0.1, -0.05) is 17.7 Å². The highest BCUT2D eigenvalue weighted by Crippen LogP contribution is 2.24. The molecule has 86 valence electrons. The van der Waals surface area contributed by atoms with Gasteiger partial charge in [0, 0.05) is 5.02 Å². The summed E-state index contributed by atoms with van der Waals surface area (Å²) in [6, 6.07) is 8.41. The zero-order valence-electron chi connectivity index (χ0n) is 8.72. The average molecular weight is 249 g/mol. The molecule has 0 atom stereocenters. The molecule has 5 nitrogen and oxygen atoms in total. The Labute approximate surface area is 103 Å². The van der Waals surface area contributed by atoms with Crippen LogP contribution >= 0.6 is 11.6 Å². The minimum absolute atomic E-state index is 0.128. The highest BCUT2D eigenvalue weighted by atomic mass is 35.5. The van der Waals surface area contributed by atoms with Gasteiger partial charge in [-0.15, -0.1) is 5.10 Å². The first-order valence-corrected chi connectivity index (χ1v) is 5.14. The largest absolute Gasteiger partial charge is 0.437 e. The van der Waals surface area contributed by atoms with E-state index in [0.29, 0.717) is 16.3 Å². The lowest BCUT2D eigenvalue weighted by Gasteiger charge is -2.07. The van der Waals surface area contributed by atoms with Crippen LogP contribution in [0.15, 0.2) is 36.5 Å². The Bertz CT molecular complexity index is 559. The number of aromatic nitrogens is 2. The van der Waals surface area contributed by atoms with Crippen LogP contribution in [0, 0.1) is 5.41 Å². The number of benzene rings is 1. The zero-order valence-corrected chi connectivity index (χ0v) is 9.48. The van der Waals surface area contributed by atoms with Gasteiger partial charge in [0.15, 0.2) is 0 Å². The molecule has 17 heavy (non-hydrogen) atoms. The van der Waals surface area contributed by atoms with E-state index < -0.39 is 0 Å². The van der Waals surface area contributed by atoms with Crippen molar-refractivity contribution in [2.45, 2.75) is 0 Å². The van der Waals surface area contributed by atoms with Crippen molar-refractivity contribution in [1.29, 1.82) is 5.41 Å². The first-order chi connectivity index (χ1) is 8.16. The van der Waals surface area contributed by atoms with Crippen molar-refractivity contribution in [1.82, 2.24) is 10.2 Å². The number of nitrogens with two attached hydrogens (primary N) is 1. The van der Waals surface area contributed by atoms with Crippen LogP contribution in [0.2, 0.25) is 5.02 Å². The lowest BCUT2D eigenvalue weighted by atomic mass is 10.3. The molecule has 0 radical (unpaired) electrons. The van der Waals surface area contributed by atoms with Crippen LogP contribution in [0.1, 0.15) is 5.56 Å². The molecule has 1 aromatic carbocycles. The fourth-order valence-electron chi connectivity index (χ4n) is 1.24. The minimum Gasteiger partial charge on any atom is -0.437 e. The normalized spacial score (nSPS) is 9.94. The average Bonchev–Trinajstić information content (AvgIpc) is 2.29. The van der Waals surface area contributed by atoms with Gasteiger partial charge in [-0.3, -0.25) is 5.41 Å². The van der Waals surface area contributed by atoms with Crippen LogP contribution in [0.25, 0.3) is 0 Å². The van der Waals surface area contributed by atoms with Crippen LogP contribution < -0.4 is 10.5 Å². The number of ether oxygens (including phenoxy) is 1. The van der Waals surface area contributed by atoms with Crippen LogP contribution in [0.5, 0.6) is 11.6 Å². The Morgan fingerprint density at radius 2 is 2.18 bits per heavy atom. The zero-order chi connectivity index (χ0) is 12.3. The first-order valence-electron chi connectivity index (χ1n) is 4.76. The van der Waals surface area contributed by atoms with E-state index >= 15 is 0 Å². The second kappa shape index (κ2) is 4.80. The molecule has 0 amide bonds. The molecular weight excluding hydrogens is 240 g/mol. The van der Waals surface area contributed by atoms with E-state index in [1.807, 2.05) is 0 Å². The number of nitrogens with zero attached hydrogens (tertiary/aromatic N) is 2. The molecule has 0 aliphatic rings. The van der Waals surface area contributed by atoms with Gasteiger partial charge < -0.3 is 10.5 Å². The summed E-state index contributed by atoms with van der Waals surface area (Å²) in [6.07, 6.45) is 1.45. The highest BCUT2D eigenvalue weighted by Gasteiger charge is 2.09. The second-order valence-corrected chi connectivity index (χ2v) is 3.66. The number of nitrogen functional groups attached to an aromatic ring is 1. The number of hydrogen-bond acceptors (Lipinski definition) is 4. The summed E-state index contributed by atoms with van der Waals surface area (Å²) < 4.78 is 5.47. The third kappa shape index (κ3) is 2.70. The van der Waals surface area contributed by atoms with Gasteiger partial charge in [0.1, 0.15) is 11.6 Å². The van der Waals surface area contributed by atoms with Crippen molar-refractivity contribution in [3.8, 4) is 11.6 Å². The lowest BCUT2D eigenvalue weighted by molar-refractivity contribution is 0.454. The summed E-state index contributed by atoms with van der Waals surface area (Å²) in [5, 5.41) is 15.4. The predicted octanol–water partition coefficient (Wildman–Crippen LogP) is 2.21. The van der Waals surface area contributed by atoms with Crippen LogP contribution in [-0.4, -0.2) is 16.0 Å². The fraction of sp³-hybridized carbons (Fsp3) is 0. The highest BCUT2D eigenvalue weighted by molar-refractivity contribution is 6.30. The molecule has 0 bridgehead atoms. The third-order valence-corrected chi connectivity index (χ3v) is 2.22. The molecular formula is C11H9ClN4O. The molecule has 0 aliphatic carbocycles. The van der Waals surface area contributed by atoms with Crippen LogP contribution in [0.3, 0.4) is 0 Å². The van der Waals surface area contributed by atoms with Gasteiger partial charge in [-0.2, -0.15) is 5.10 Å². The van der Waals surface area contributed by atoms with E-state index in [4.69, 9.17) is 27.5 Å². The van der Waals surface area contributed by atoms with Crippen molar-refractivity contribution in [3.05, 3.63) is 47.1 Å². The standard InChI is InChI=1S/C11H9ClN4O/c12-7-2-1-3-8(6-7)17-11-9(10(13)14)4-5-15-16-11/h1-6H,(H3,13,14). The Hall–Kier alpha value is -2.14. The van der Waals surface area contributed by atoms with E-state index in [9.17, 15) is 0 Å². The summed E-state index contributed by atoms with van der Waals surface area (Å²) in [7, 11) is 0. The third-order valence-electron chi connectivity index (χ3n) is 1.99. The Kier molecular flexibility index (Phi) is 3.20. The molecule has 1 aromatic heterocycles. The van der Waals surface area contributed by atoms with Gasteiger partial charge in [0.25, 0.3) is 0 Å². The van der Waals surface area contributed by atoms with Gasteiger partial charge in [0.2, 0.25) is 5.88 Å². The molecule has 2 aromatic rings. The van der Waals surface area contributed by atoms with E-state index in [-0.39, 0.29) is 11.7 Å². The van der Waals surface area contributed by atoms with Crippen molar-refractivity contribution in [2.24, 2.45) is 5.73 Å². The number of rotatable bonds is 3. The quantitative estimate of drug-likeness (QED) is 0.644. The lowest BCUT2D eigenvalue weighted by Crippen LogP contribution is -2.13. The predicted molar refractivity (Wildman–Crippen MR) is 64.6 cm³/mol. The first kappa shape index (κ1) is 11.3. The SMILES string of the molecule is N=C(N)c1ccnnc1Oc1cccc(Cl)c1. The molecule has 0 aliphatic heterocycles. The van der Waals surface area contributed by atoms with Gasteiger partial charge >= 0.3 is 0 Å². The molecule has 0 saturated carbocycles. The molecule has 2 rings (SSSR count). The van der Waals surface area contributed by atoms with Crippen molar-refractivity contribution >= 4 is 17.4 Å². The molecule has 6 heteroatoms. The number of hydrogen-bond donors (Lipinski definition) is 2. The van der Waals surface area contributed by atoms with E-state index in [1.165, 1.54) is 6.20 Å². The maximum absolute atomic E-state index is 7.39. The Morgan fingerprint density at radius 3 is 2.88 bits per heavy atom. The smallest absolute Gasteiger partial charge is 0.249 e. The van der Waals surface area contributed by atoms with Crippen molar-refractivity contribution in [3.63, 3.8) is 0 Å². The summed E-state index contributed by atoms with van der Waals surface area (Å²) in [4.78, 5) is 0. The fourth-order valence-corrected chi connectivity index (χ4v) is 1.42. The molecule has 0 saturated heterocycles. The molecule has 3 N–H and O–H groups in total. The van der Waals surface area contributed by atoms with Crippen molar-refractivity contribution < 1.29 is 4.74 Å². The van der Waals surface area contributed by atoms with E-state index in [0.717, 1.165) is 0 Å². The summed E-state index contributed by atoms with van der Waals surface area (Å²) in [5.74, 6) is 0.569. The van der Waals surface area contributed by atoms with E-state index in [1.54, 1.807) is 30.3 Å². The maximum Gasteiger partial charge on any atom is 0.249 e. The molecule has 0 spiro atoms. The van der Waals surface area contributed by atoms with Gasteiger partial charge in [0.05, 0.1) is 11.8 Å². The Balaban J connectivity index is 2.33. The summed E-state index contributed by atoms with van der Waals surface area (Å²) in [5.41, 5.74) is 5.80. The topological polar surface area (TPSA) is 84.9 Å². The number of amidine groups is 1. The molecule has 0 fully saturated rings. The van der Waals surface area contributed by atoms with Gasteiger partial charge in [-0.05, 0) is 24.3 Å². The minimum atomic E-state index is -0.128. The summed E-state index contributed by atoms with van der Waals surface area (Å²) in [6.45, 7) is 0.